The number of likely N-dealkylation sites (tertiary alicyclic amines) is 1. The molecule has 0 aliphatic carbocycles. The highest BCUT2D eigenvalue weighted by Crippen LogP contribution is 2.35. The van der Waals surface area contributed by atoms with Crippen molar-refractivity contribution in [2.75, 3.05) is 56.2 Å². The van der Waals surface area contributed by atoms with Gasteiger partial charge in [0.25, 0.3) is 0 Å². The molecule has 2 saturated heterocycles. The molecule has 39 heavy (non-hydrogen) atoms. The number of rotatable bonds is 11. The number of hydrogen-bond acceptors (Lipinski definition) is 9. The first-order valence-electron chi connectivity index (χ1n) is 13.6. The van der Waals surface area contributed by atoms with Gasteiger partial charge in [-0.25, -0.2) is 0 Å². The van der Waals surface area contributed by atoms with Crippen LogP contribution in [0.2, 0.25) is 0 Å². The van der Waals surface area contributed by atoms with Gasteiger partial charge in [-0.2, -0.15) is 9.97 Å². The second kappa shape index (κ2) is 11.1. The Balaban J connectivity index is 1.18. The summed E-state index contributed by atoms with van der Waals surface area (Å²) in [6, 6.07) is 12.6. The Morgan fingerprint density at radius 2 is 2.15 bits per heavy atom. The largest absolute Gasteiger partial charge is 0.508 e. The maximum atomic E-state index is 11.5. The molecule has 2 aromatic carbocycles. The van der Waals surface area contributed by atoms with Crippen molar-refractivity contribution in [3.05, 3.63) is 60.3 Å². The maximum Gasteiger partial charge on any atom is 0.318 e. The number of fused-ring (bicyclic) bond motifs is 3. The number of nitrogens with zero attached hydrogens (tertiary/aromatic N) is 4. The molecule has 0 radical (unpaired) electrons. The van der Waals surface area contributed by atoms with Crippen LogP contribution in [-0.2, 0) is 22.5 Å². The molecular weight excluding hydrogens is 496 g/mol. The van der Waals surface area contributed by atoms with Crippen molar-refractivity contribution in [2.45, 2.75) is 31.5 Å². The predicted molar refractivity (Wildman–Crippen MR) is 149 cm³/mol. The van der Waals surface area contributed by atoms with Crippen molar-refractivity contribution in [3.8, 4) is 11.8 Å². The molecular formula is C29H34N6O4. The number of ether oxygens (including phenoxy) is 2. The Morgan fingerprint density at radius 3 is 2.95 bits per heavy atom. The first-order chi connectivity index (χ1) is 19.1. The van der Waals surface area contributed by atoms with Crippen LogP contribution in [0.1, 0.15) is 17.7 Å². The van der Waals surface area contributed by atoms with Gasteiger partial charge in [0, 0.05) is 55.4 Å². The minimum absolute atomic E-state index is 0.207. The Bertz CT molecular complexity index is 1380. The highest BCUT2D eigenvalue weighted by Gasteiger charge is 2.46. The lowest BCUT2D eigenvalue weighted by Gasteiger charge is -2.55. The van der Waals surface area contributed by atoms with Gasteiger partial charge in [-0.05, 0) is 30.4 Å². The molecule has 3 N–H and O–H groups in total. The van der Waals surface area contributed by atoms with E-state index in [1.54, 1.807) is 6.07 Å². The minimum Gasteiger partial charge on any atom is -0.508 e. The van der Waals surface area contributed by atoms with Crippen LogP contribution in [0, 0.1) is 0 Å². The number of carbonyl (C=O) groups excluding carboxylic acids is 1. The highest BCUT2D eigenvalue weighted by molar-refractivity contribution is 5.95. The van der Waals surface area contributed by atoms with Crippen molar-refractivity contribution in [2.24, 2.45) is 0 Å². The Morgan fingerprint density at radius 1 is 1.26 bits per heavy atom. The summed E-state index contributed by atoms with van der Waals surface area (Å²) in [5.41, 5.74) is 2.93. The molecule has 10 nitrogen and oxygen atoms in total. The fourth-order valence-electron chi connectivity index (χ4n) is 5.55. The topological polar surface area (TPSA) is 112 Å². The molecule has 2 atom stereocenters. The molecule has 10 heteroatoms. The summed E-state index contributed by atoms with van der Waals surface area (Å²) < 4.78 is 11.5. The van der Waals surface area contributed by atoms with E-state index in [1.165, 1.54) is 6.08 Å². The summed E-state index contributed by atoms with van der Waals surface area (Å²) >= 11 is 0. The van der Waals surface area contributed by atoms with Crippen LogP contribution in [0.5, 0.6) is 11.8 Å². The van der Waals surface area contributed by atoms with E-state index in [2.05, 4.69) is 33.1 Å². The molecule has 6 rings (SSSR count). The molecule has 3 aliphatic heterocycles. The zero-order chi connectivity index (χ0) is 26.8. The lowest BCUT2D eigenvalue weighted by molar-refractivity contribution is -0.214. The van der Waals surface area contributed by atoms with Gasteiger partial charge in [0.2, 0.25) is 5.91 Å². The highest BCUT2D eigenvalue weighted by atomic mass is 16.5. The lowest BCUT2D eigenvalue weighted by Crippen LogP contribution is -2.70. The van der Waals surface area contributed by atoms with Crippen LogP contribution in [0.3, 0.4) is 0 Å². The van der Waals surface area contributed by atoms with Gasteiger partial charge in [-0.1, -0.05) is 30.8 Å². The molecule has 0 saturated carbocycles. The standard InChI is InChI=1S/C29H34N6O4/c1-2-27(37)30-9-10-31-28-22-8-12-35(24-15-20(36)14-19-6-3-4-7-21(19)24)16-23(22)32-29(33-28)38-13-5-11-34-17-26-25(34)18-39-26/h2-4,6-7,14-15,25-26,36H,1,5,8-13,16-18H2,(H,30,37)(H,31,32,33). The SMILES string of the molecule is C=CC(=O)NCCNc1nc(OCCCN2CC3OCC32)nc2c1CCN(c1cc(O)cc3ccccc13)C2. The third-order valence-electron chi connectivity index (χ3n) is 7.73. The number of nitrogens with one attached hydrogen (secondary N) is 2. The molecule has 2 unspecified atom stereocenters. The first kappa shape index (κ1) is 25.4. The average Bonchev–Trinajstić information content (AvgIpc) is 2.94. The van der Waals surface area contributed by atoms with E-state index in [1.807, 2.05) is 24.3 Å². The van der Waals surface area contributed by atoms with Crippen LogP contribution in [0.15, 0.2) is 49.1 Å². The molecule has 3 aliphatic rings. The average molecular weight is 531 g/mol. The van der Waals surface area contributed by atoms with E-state index < -0.39 is 0 Å². The first-order valence-corrected chi connectivity index (χ1v) is 13.6. The van der Waals surface area contributed by atoms with Crippen molar-refractivity contribution in [1.82, 2.24) is 20.2 Å². The van der Waals surface area contributed by atoms with Gasteiger partial charge >= 0.3 is 6.01 Å². The number of morpholine rings is 1. The van der Waals surface area contributed by atoms with E-state index >= 15 is 0 Å². The number of anilines is 2. The monoisotopic (exact) mass is 530 g/mol. The van der Waals surface area contributed by atoms with Gasteiger partial charge in [0.1, 0.15) is 11.6 Å². The molecule has 1 aromatic heterocycles. The van der Waals surface area contributed by atoms with Gasteiger partial charge in [0.15, 0.2) is 0 Å². The number of carbonyl (C=O) groups is 1. The molecule has 0 spiro atoms. The quantitative estimate of drug-likeness (QED) is 0.254. The summed E-state index contributed by atoms with van der Waals surface area (Å²) in [5, 5.41) is 18.6. The number of benzene rings is 2. The summed E-state index contributed by atoms with van der Waals surface area (Å²) in [5.74, 6) is 0.772. The molecule has 2 fully saturated rings. The molecule has 1 amide bonds. The van der Waals surface area contributed by atoms with Gasteiger partial charge < -0.3 is 30.1 Å². The Kier molecular flexibility index (Phi) is 7.21. The van der Waals surface area contributed by atoms with Crippen LogP contribution < -0.4 is 20.3 Å². The molecule has 3 aromatic rings. The van der Waals surface area contributed by atoms with Crippen LogP contribution in [-0.4, -0.2) is 84.0 Å². The zero-order valence-electron chi connectivity index (χ0n) is 21.9. The number of phenols is 1. The normalized spacial score (nSPS) is 19.8. The number of aromatic nitrogens is 2. The summed E-state index contributed by atoms with van der Waals surface area (Å²) in [6.07, 6.45) is 3.32. The van der Waals surface area contributed by atoms with Gasteiger partial charge in [-0.15, -0.1) is 0 Å². The fourth-order valence-corrected chi connectivity index (χ4v) is 5.55. The maximum absolute atomic E-state index is 11.5. The predicted octanol–water partition coefficient (Wildman–Crippen LogP) is 2.46. The van der Waals surface area contributed by atoms with Crippen molar-refractivity contribution in [1.29, 1.82) is 0 Å². The zero-order valence-corrected chi connectivity index (χ0v) is 21.9. The molecule has 204 valence electrons. The third kappa shape index (κ3) is 5.35. The van der Waals surface area contributed by atoms with E-state index in [0.29, 0.717) is 44.4 Å². The van der Waals surface area contributed by atoms with Crippen molar-refractivity contribution < 1.29 is 19.4 Å². The van der Waals surface area contributed by atoms with Gasteiger partial charge in [-0.3, -0.25) is 9.69 Å². The Hall–Kier alpha value is -3.89. The Labute approximate surface area is 227 Å². The summed E-state index contributed by atoms with van der Waals surface area (Å²) in [7, 11) is 0. The second-order valence-corrected chi connectivity index (χ2v) is 10.2. The van der Waals surface area contributed by atoms with Crippen molar-refractivity contribution >= 4 is 28.2 Å². The summed E-state index contributed by atoms with van der Waals surface area (Å²) in [4.78, 5) is 25.7. The summed E-state index contributed by atoms with van der Waals surface area (Å²) in [6.45, 7) is 9.14. The number of aromatic hydroxyl groups is 1. The minimum atomic E-state index is -0.207. The smallest absolute Gasteiger partial charge is 0.318 e. The van der Waals surface area contributed by atoms with Gasteiger partial charge in [0.05, 0.1) is 37.6 Å². The van der Waals surface area contributed by atoms with Crippen LogP contribution in [0.25, 0.3) is 10.8 Å². The van der Waals surface area contributed by atoms with E-state index in [4.69, 9.17) is 19.4 Å². The molecule has 4 heterocycles. The third-order valence-corrected chi connectivity index (χ3v) is 7.73. The number of amides is 1. The lowest BCUT2D eigenvalue weighted by atomic mass is 9.95. The van der Waals surface area contributed by atoms with Crippen LogP contribution >= 0.6 is 0 Å². The van der Waals surface area contributed by atoms with E-state index in [0.717, 1.165) is 72.6 Å². The van der Waals surface area contributed by atoms with E-state index in [-0.39, 0.29) is 11.7 Å². The fraction of sp³-hybridized carbons (Fsp3) is 0.414. The molecule has 0 bridgehead atoms. The van der Waals surface area contributed by atoms with Crippen molar-refractivity contribution in [3.63, 3.8) is 0 Å². The second-order valence-electron chi connectivity index (χ2n) is 10.2. The van der Waals surface area contributed by atoms with E-state index in [9.17, 15) is 9.90 Å². The number of phenolic OH excluding ortho intramolecular Hbond substituents is 1. The number of hydrogen-bond donors (Lipinski definition) is 3. The van der Waals surface area contributed by atoms with Crippen LogP contribution in [0.4, 0.5) is 11.5 Å².